The number of oxazole rings is 1. The predicted octanol–water partition coefficient (Wildman–Crippen LogP) is 3.25. The number of rotatable bonds is 3. The third-order valence-corrected chi connectivity index (χ3v) is 2.79. The largest absolute Gasteiger partial charge is 0.464 e. The highest BCUT2D eigenvalue weighted by Gasteiger charge is 2.18. The molecule has 2 rings (SSSR count). The van der Waals surface area contributed by atoms with Gasteiger partial charge in [-0.05, 0) is 11.5 Å². The first-order valence-electron chi connectivity index (χ1n) is 5.75. The van der Waals surface area contributed by atoms with E-state index < -0.39 is 5.97 Å². The van der Waals surface area contributed by atoms with Gasteiger partial charge in [-0.2, -0.15) is 0 Å². The first kappa shape index (κ1) is 12.4. The Labute approximate surface area is 106 Å². The molecule has 0 bridgehead atoms. The van der Waals surface area contributed by atoms with Gasteiger partial charge in [0.2, 0.25) is 0 Å². The average Bonchev–Trinajstić information content (AvgIpc) is 2.87. The Balaban J connectivity index is 2.37. The number of carbonyl (C=O) groups excluding carboxylic acids is 1. The van der Waals surface area contributed by atoms with E-state index in [1.807, 2.05) is 24.3 Å². The van der Waals surface area contributed by atoms with Gasteiger partial charge in [-0.25, -0.2) is 9.78 Å². The first-order valence-corrected chi connectivity index (χ1v) is 5.75. The maximum atomic E-state index is 11.5. The van der Waals surface area contributed by atoms with E-state index in [2.05, 4.69) is 23.6 Å². The summed E-state index contributed by atoms with van der Waals surface area (Å²) in [5, 5.41) is 0. The molecular formula is C14H15NO3. The van der Waals surface area contributed by atoms with Crippen LogP contribution in [0.4, 0.5) is 0 Å². The lowest BCUT2D eigenvalue weighted by atomic mass is 10.0. The summed E-state index contributed by atoms with van der Waals surface area (Å²) >= 11 is 0. The number of esters is 1. The number of hydrogen-bond donors (Lipinski definition) is 0. The van der Waals surface area contributed by atoms with E-state index in [1.54, 1.807) is 0 Å². The summed E-state index contributed by atoms with van der Waals surface area (Å²) < 4.78 is 9.92. The fourth-order valence-corrected chi connectivity index (χ4v) is 1.71. The predicted molar refractivity (Wildman–Crippen MR) is 67.4 cm³/mol. The van der Waals surface area contributed by atoms with Crippen molar-refractivity contribution >= 4 is 5.97 Å². The quantitative estimate of drug-likeness (QED) is 0.779. The number of hydrogen-bond acceptors (Lipinski definition) is 4. The lowest BCUT2D eigenvalue weighted by Gasteiger charge is -2.06. The average molecular weight is 245 g/mol. The second-order valence-electron chi connectivity index (χ2n) is 4.30. The zero-order valence-electron chi connectivity index (χ0n) is 10.6. The van der Waals surface area contributed by atoms with E-state index in [0.29, 0.717) is 11.7 Å². The fourth-order valence-electron chi connectivity index (χ4n) is 1.71. The topological polar surface area (TPSA) is 52.3 Å². The van der Waals surface area contributed by atoms with Crippen molar-refractivity contribution in [2.24, 2.45) is 0 Å². The van der Waals surface area contributed by atoms with Crippen LogP contribution in [0, 0.1) is 0 Å². The van der Waals surface area contributed by atoms with Gasteiger partial charge in [0.05, 0.1) is 7.11 Å². The normalized spacial score (nSPS) is 10.7. The molecular weight excluding hydrogens is 230 g/mol. The molecule has 0 aliphatic rings. The number of ether oxygens (including phenoxy) is 1. The Morgan fingerprint density at radius 2 is 1.94 bits per heavy atom. The van der Waals surface area contributed by atoms with Crippen LogP contribution in [0.25, 0.3) is 11.3 Å². The summed E-state index contributed by atoms with van der Waals surface area (Å²) in [6.07, 6.45) is 1.25. The maximum Gasteiger partial charge on any atom is 0.360 e. The standard InChI is InChI=1S/C14H15NO3/c1-9(2)10-4-6-11(7-5-10)13-12(14(16)17-3)15-8-18-13/h4-9H,1-3H3. The third-order valence-electron chi connectivity index (χ3n) is 2.79. The highest BCUT2D eigenvalue weighted by atomic mass is 16.5. The van der Waals surface area contributed by atoms with Gasteiger partial charge < -0.3 is 9.15 Å². The molecule has 1 heterocycles. The van der Waals surface area contributed by atoms with Crippen molar-refractivity contribution in [1.29, 1.82) is 0 Å². The smallest absolute Gasteiger partial charge is 0.360 e. The molecule has 94 valence electrons. The molecule has 1 aromatic carbocycles. The highest BCUT2D eigenvalue weighted by molar-refractivity contribution is 5.93. The minimum absolute atomic E-state index is 0.204. The molecule has 0 atom stereocenters. The van der Waals surface area contributed by atoms with Gasteiger partial charge in [0.15, 0.2) is 17.8 Å². The second kappa shape index (κ2) is 5.04. The minimum atomic E-state index is -0.494. The number of nitrogens with zero attached hydrogens (tertiary/aromatic N) is 1. The number of aromatic nitrogens is 1. The molecule has 0 saturated carbocycles. The zero-order chi connectivity index (χ0) is 13.1. The molecule has 0 aliphatic carbocycles. The van der Waals surface area contributed by atoms with Crippen molar-refractivity contribution in [3.63, 3.8) is 0 Å². The molecule has 4 heteroatoms. The Hall–Kier alpha value is -2.10. The van der Waals surface area contributed by atoms with E-state index in [4.69, 9.17) is 4.42 Å². The molecule has 0 amide bonds. The molecule has 18 heavy (non-hydrogen) atoms. The molecule has 0 saturated heterocycles. The van der Waals surface area contributed by atoms with Gasteiger partial charge in [0.25, 0.3) is 0 Å². The van der Waals surface area contributed by atoms with Crippen molar-refractivity contribution < 1.29 is 13.9 Å². The van der Waals surface area contributed by atoms with E-state index >= 15 is 0 Å². The Bertz CT molecular complexity index is 540. The molecule has 0 radical (unpaired) electrons. The zero-order valence-corrected chi connectivity index (χ0v) is 10.6. The van der Waals surface area contributed by atoms with Crippen LogP contribution in [0.1, 0.15) is 35.8 Å². The minimum Gasteiger partial charge on any atom is -0.464 e. The van der Waals surface area contributed by atoms with Crippen LogP contribution < -0.4 is 0 Å². The first-order chi connectivity index (χ1) is 8.63. The van der Waals surface area contributed by atoms with Crippen LogP contribution in [0.15, 0.2) is 35.1 Å². The molecule has 0 fully saturated rings. The third kappa shape index (κ3) is 2.27. The highest BCUT2D eigenvalue weighted by Crippen LogP contribution is 2.25. The van der Waals surface area contributed by atoms with E-state index in [1.165, 1.54) is 19.1 Å². The molecule has 0 aliphatic heterocycles. The summed E-state index contributed by atoms with van der Waals surface area (Å²) in [6, 6.07) is 7.87. The van der Waals surface area contributed by atoms with E-state index in [0.717, 1.165) is 5.56 Å². The van der Waals surface area contributed by atoms with Gasteiger partial charge in [-0.15, -0.1) is 0 Å². The summed E-state index contributed by atoms with van der Waals surface area (Å²) in [4.78, 5) is 15.4. The van der Waals surface area contributed by atoms with Crippen molar-refractivity contribution in [2.45, 2.75) is 19.8 Å². The van der Waals surface area contributed by atoms with Crippen molar-refractivity contribution in [2.75, 3.05) is 7.11 Å². The number of carbonyl (C=O) groups is 1. The molecule has 0 unspecified atom stereocenters. The van der Waals surface area contributed by atoms with Gasteiger partial charge in [-0.3, -0.25) is 0 Å². The summed E-state index contributed by atoms with van der Waals surface area (Å²) in [5.41, 5.74) is 2.25. The van der Waals surface area contributed by atoms with Crippen molar-refractivity contribution in [1.82, 2.24) is 4.98 Å². The molecule has 0 N–H and O–H groups in total. The maximum absolute atomic E-state index is 11.5. The van der Waals surface area contributed by atoms with Crippen LogP contribution in [-0.4, -0.2) is 18.1 Å². The SMILES string of the molecule is COC(=O)c1ncoc1-c1ccc(C(C)C)cc1. The van der Waals surface area contributed by atoms with Gasteiger partial charge >= 0.3 is 5.97 Å². The number of benzene rings is 1. The van der Waals surface area contributed by atoms with Gasteiger partial charge in [-0.1, -0.05) is 38.1 Å². The van der Waals surface area contributed by atoms with Crippen LogP contribution in [-0.2, 0) is 4.74 Å². The van der Waals surface area contributed by atoms with E-state index in [9.17, 15) is 4.79 Å². The van der Waals surface area contributed by atoms with Crippen LogP contribution in [0.3, 0.4) is 0 Å². The summed E-state index contributed by atoms with van der Waals surface area (Å²) in [5.74, 6) is 0.415. The van der Waals surface area contributed by atoms with E-state index in [-0.39, 0.29) is 5.69 Å². The number of methoxy groups -OCH3 is 1. The molecule has 0 spiro atoms. The van der Waals surface area contributed by atoms with Crippen LogP contribution in [0.5, 0.6) is 0 Å². The van der Waals surface area contributed by atoms with Crippen molar-refractivity contribution in [3.05, 3.63) is 41.9 Å². The van der Waals surface area contributed by atoms with Gasteiger partial charge in [0, 0.05) is 5.56 Å². The van der Waals surface area contributed by atoms with Crippen molar-refractivity contribution in [3.8, 4) is 11.3 Å². The Morgan fingerprint density at radius 1 is 1.28 bits per heavy atom. The van der Waals surface area contributed by atoms with Gasteiger partial charge in [0.1, 0.15) is 0 Å². The van der Waals surface area contributed by atoms with Crippen LogP contribution >= 0.6 is 0 Å². The Kier molecular flexibility index (Phi) is 3.46. The fraction of sp³-hybridized carbons (Fsp3) is 0.286. The Morgan fingerprint density at radius 3 is 2.50 bits per heavy atom. The molecule has 1 aromatic heterocycles. The summed E-state index contributed by atoms with van der Waals surface area (Å²) in [6.45, 7) is 4.26. The monoisotopic (exact) mass is 245 g/mol. The lowest BCUT2D eigenvalue weighted by molar-refractivity contribution is 0.0595. The second-order valence-corrected chi connectivity index (χ2v) is 4.30. The molecule has 2 aromatic rings. The van der Waals surface area contributed by atoms with Crippen LogP contribution in [0.2, 0.25) is 0 Å². The lowest BCUT2D eigenvalue weighted by Crippen LogP contribution is -2.03. The molecule has 4 nitrogen and oxygen atoms in total. The summed E-state index contributed by atoms with van der Waals surface area (Å²) in [7, 11) is 1.32.